The van der Waals surface area contributed by atoms with Crippen LogP contribution in [0.1, 0.15) is 61.4 Å². The van der Waals surface area contributed by atoms with Gasteiger partial charge in [0.25, 0.3) is 5.91 Å². The highest BCUT2D eigenvalue weighted by Crippen LogP contribution is 2.28. The summed E-state index contributed by atoms with van der Waals surface area (Å²) in [7, 11) is 1.84. The standard InChI is InChI=1S/C25H29ClIN5O2S/c1-14(2)19-12-18(27)10-11-20(19)28-21(33)13-35-25-31-30-23(32(25)5)22(15(3)4)29-24(34)16-6-8-17(26)9-7-16/h6-12,14-15,22H,13H2,1-5H3,(H,28,33)(H,29,34)/t22-/m0/s1. The topological polar surface area (TPSA) is 88.9 Å². The van der Waals surface area contributed by atoms with Crippen molar-refractivity contribution in [2.24, 2.45) is 13.0 Å². The molecular weight excluding hydrogens is 597 g/mol. The first-order valence-electron chi connectivity index (χ1n) is 11.2. The smallest absolute Gasteiger partial charge is 0.251 e. The minimum absolute atomic E-state index is 0.0747. The van der Waals surface area contributed by atoms with Crippen molar-refractivity contribution < 1.29 is 9.59 Å². The summed E-state index contributed by atoms with van der Waals surface area (Å²) >= 11 is 9.51. The van der Waals surface area contributed by atoms with Crippen molar-refractivity contribution in [3.63, 3.8) is 0 Å². The lowest BCUT2D eigenvalue weighted by Crippen LogP contribution is -2.33. The summed E-state index contributed by atoms with van der Waals surface area (Å²) in [6, 6.07) is 12.4. The number of carbonyl (C=O) groups is 2. The summed E-state index contributed by atoms with van der Waals surface area (Å²) in [4.78, 5) is 25.5. The number of anilines is 1. The molecule has 186 valence electrons. The second-order valence-corrected chi connectivity index (χ2v) is 11.4. The molecule has 1 heterocycles. The lowest BCUT2D eigenvalue weighted by molar-refractivity contribution is -0.113. The third kappa shape index (κ3) is 7.20. The maximum atomic E-state index is 12.8. The highest BCUT2D eigenvalue weighted by atomic mass is 127. The minimum atomic E-state index is -0.348. The number of aromatic nitrogens is 3. The van der Waals surface area contributed by atoms with Gasteiger partial charge >= 0.3 is 0 Å². The molecule has 3 rings (SSSR count). The minimum Gasteiger partial charge on any atom is -0.342 e. The van der Waals surface area contributed by atoms with Gasteiger partial charge in [0.1, 0.15) is 0 Å². The molecule has 0 aliphatic heterocycles. The van der Waals surface area contributed by atoms with E-state index in [1.807, 2.05) is 37.6 Å². The molecule has 2 N–H and O–H groups in total. The molecule has 0 bridgehead atoms. The number of carbonyl (C=O) groups excluding carboxylic acids is 2. The molecule has 3 aromatic rings. The Bertz CT molecular complexity index is 1200. The van der Waals surface area contributed by atoms with E-state index in [1.165, 1.54) is 11.8 Å². The predicted octanol–water partition coefficient (Wildman–Crippen LogP) is 6.05. The molecule has 0 spiro atoms. The number of benzene rings is 2. The normalized spacial score (nSPS) is 12.1. The number of hydrogen-bond donors (Lipinski definition) is 2. The van der Waals surface area contributed by atoms with E-state index in [9.17, 15) is 9.59 Å². The van der Waals surface area contributed by atoms with Crippen molar-refractivity contribution in [1.29, 1.82) is 0 Å². The van der Waals surface area contributed by atoms with Crippen LogP contribution in [-0.4, -0.2) is 32.3 Å². The summed E-state index contributed by atoms with van der Waals surface area (Å²) in [5.41, 5.74) is 2.45. The first kappa shape index (κ1) is 27.5. The fourth-order valence-electron chi connectivity index (χ4n) is 3.52. The van der Waals surface area contributed by atoms with Crippen LogP contribution in [0.2, 0.25) is 5.02 Å². The van der Waals surface area contributed by atoms with Crippen molar-refractivity contribution in [2.75, 3.05) is 11.1 Å². The van der Waals surface area contributed by atoms with Crippen molar-refractivity contribution in [1.82, 2.24) is 20.1 Å². The van der Waals surface area contributed by atoms with Crippen molar-refractivity contribution in [3.05, 3.63) is 68.0 Å². The van der Waals surface area contributed by atoms with Crippen LogP contribution in [-0.2, 0) is 11.8 Å². The van der Waals surface area contributed by atoms with Gasteiger partial charge in [0.2, 0.25) is 5.91 Å². The Labute approximate surface area is 228 Å². The van der Waals surface area contributed by atoms with Gasteiger partial charge in [-0.2, -0.15) is 0 Å². The number of thioether (sulfide) groups is 1. The number of rotatable bonds is 9. The predicted molar refractivity (Wildman–Crippen MR) is 150 cm³/mol. The number of nitrogens with one attached hydrogen (secondary N) is 2. The van der Waals surface area contributed by atoms with Crippen molar-refractivity contribution in [3.8, 4) is 0 Å². The van der Waals surface area contributed by atoms with Gasteiger partial charge in [-0.3, -0.25) is 9.59 Å². The van der Waals surface area contributed by atoms with Crippen LogP contribution >= 0.6 is 46.0 Å². The van der Waals surface area contributed by atoms with E-state index in [0.717, 1.165) is 14.8 Å². The highest BCUT2D eigenvalue weighted by molar-refractivity contribution is 14.1. The van der Waals surface area contributed by atoms with Crippen LogP contribution in [0.4, 0.5) is 5.69 Å². The van der Waals surface area contributed by atoms with E-state index < -0.39 is 0 Å². The zero-order chi connectivity index (χ0) is 25.7. The molecule has 2 aromatic carbocycles. The third-order valence-electron chi connectivity index (χ3n) is 5.45. The molecule has 0 unspecified atom stereocenters. The van der Waals surface area contributed by atoms with E-state index in [0.29, 0.717) is 27.5 Å². The number of halogens is 2. The molecule has 0 aliphatic rings. The molecule has 0 aliphatic carbocycles. The van der Waals surface area contributed by atoms with Crippen molar-refractivity contribution in [2.45, 2.75) is 44.8 Å². The van der Waals surface area contributed by atoms with E-state index in [4.69, 9.17) is 11.6 Å². The quantitative estimate of drug-likeness (QED) is 0.223. The van der Waals surface area contributed by atoms with E-state index in [1.54, 1.807) is 24.3 Å². The molecule has 0 saturated carbocycles. The summed E-state index contributed by atoms with van der Waals surface area (Å²) in [6.07, 6.45) is 0. The average molecular weight is 626 g/mol. The molecule has 2 amide bonds. The van der Waals surface area contributed by atoms with Gasteiger partial charge in [0.15, 0.2) is 11.0 Å². The van der Waals surface area contributed by atoms with Crippen LogP contribution in [0.3, 0.4) is 0 Å². The third-order valence-corrected chi connectivity index (χ3v) is 7.39. The zero-order valence-corrected chi connectivity index (χ0v) is 24.0. The van der Waals surface area contributed by atoms with Gasteiger partial charge in [-0.25, -0.2) is 0 Å². The summed E-state index contributed by atoms with van der Waals surface area (Å²) in [5.74, 6) is 0.869. The van der Waals surface area contributed by atoms with E-state index >= 15 is 0 Å². The maximum Gasteiger partial charge on any atom is 0.251 e. The number of hydrogen-bond acceptors (Lipinski definition) is 5. The maximum absolute atomic E-state index is 12.8. The summed E-state index contributed by atoms with van der Waals surface area (Å²) < 4.78 is 2.96. The Morgan fingerprint density at radius 2 is 1.77 bits per heavy atom. The Morgan fingerprint density at radius 3 is 2.40 bits per heavy atom. The van der Waals surface area contributed by atoms with E-state index in [2.05, 4.69) is 63.3 Å². The average Bonchev–Trinajstić information content (AvgIpc) is 3.17. The fourth-order valence-corrected chi connectivity index (χ4v) is 4.88. The first-order valence-corrected chi connectivity index (χ1v) is 13.7. The number of amides is 2. The summed E-state index contributed by atoms with van der Waals surface area (Å²) in [5, 5.41) is 15.8. The SMILES string of the molecule is CC(C)c1cc(I)ccc1NC(=O)CSc1nnc([C@@H](NC(=O)c2ccc(Cl)cc2)C(C)C)n1C. The molecule has 1 atom stereocenters. The van der Waals surface area contributed by atoms with E-state index in [-0.39, 0.29) is 29.5 Å². The Balaban J connectivity index is 1.68. The molecular formula is C25H29ClIN5O2S. The van der Waals surface area contributed by atoms with Crippen LogP contribution in [0.25, 0.3) is 0 Å². The molecule has 0 saturated heterocycles. The van der Waals surface area contributed by atoms with Gasteiger partial charge in [-0.05, 0) is 82.5 Å². The molecule has 35 heavy (non-hydrogen) atoms. The molecule has 1 aromatic heterocycles. The lowest BCUT2D eigenvalue weighted by atomic mass is 10.0. The molecule has 10 heteroatoms. The Hall–Kier alpha value is -2.11. The first-order chi connectivity index (χ1) is 16.6. The van der Waals surface area contributed by atoms with Gasteiger partial charge in [-0.15, -0.1) is 10.2 Å². The van der Waals surface area contributed by atoms with Gasteiger partial charge < -0.3 is 15.2 Å². The van der Waals surface area contributed by atoms with Crippen LogP contribution < -0.4 is 10.6 Å². The van der Waals surface area contributed by atoms with Crippen LogP contribution in [0.5, 0.6) is 0 Å². The van der Waals surface area contributed by atoms with Gasteiger partial charge in [0, 0.05) is 26.9 Å². The summed E-state index contributed by atoms with van der Waals surface area (Å²) in [6.45, 7) is 8.23. The zero-order valence-electron chi connectivity index (χ0n) is 20.3. The largest absolute Gasteiger partial charge is 0.342 e. The Kier molecular flexibility index (Phi) is 9.60. The lowest BCUT2D eigenvalue weighted by Gasteiger charge is -2.21. The van der Waals surface area contributed by atoms with Gasteiger partial charge in [-0.1, -0.05) is 51.1 Å². The molecule has 0 radical (unpaired) electrons. The second-order valence-electron chi connectivity index (χ2n) is 8.82. The highest BCUT2D eigenvalue weighted by Gasteiger charge is 2.25. The van der Waals surface area contributed by atoms with Crippen LogP contribution in [0, 0.1) is 9.49 Å². The van der Waals surface area contributed by atoms with Gasteiger partial charge in [0.05, 0.1) is 11.8 Å². The molecule has 0 fully saturated rings. The number of nitrogens with zero attached hydrogens (tertiary/aromatic N) is 3. The second kappa shape index (κ2) is 12.2. The molecule has 7 nitrogen and oxygen atoms in total. The fraction of sp³-hybridized carbons (Fsp3) is 0.360. The van der Waals surface area contributed by atoms with Crippen LogP contribution in [0.15, 0.2) is 47.6 Å². The Morgan fingerprint density at radius 1 is 1.09 bits per heavy atom. The monoisotopic (exact) mass is 625 g/mol. The van der Waals surface area contributed by atoms with Crippen molar-refractivity contribution >= 4 is 63.5 Å².